The molecule has 1 aromatic rings. The lowest BCUT2D eigenvalue weighted by Gasteiger charge is -2.21. The highest BCUT2D eigenvalue weighted by Gasteiger charge is 2.37. The number of hydrogen-bond acceptors (Lipinski definition) is 6. The summed E-state index contributed by atoms with van der Waals surface area (Å²) in [5.74, 6) is -0.934. The van der Waals surface area contributed by atoms with Gasteiger partial charge in [0.05, 0.1) is 19.4 Å². The predicted octanol–water partition coefficient (Wildman–Crippen LogP) is 1.36. The van der Waals surface area contributed by atoms with E-state index >= 15 is 0 Å². The van der Waals surface area contributed by atoms with Crippen LogP contribution in [0.3, 0.4) is 0 Å². The quantitative estimate of drug-likeness (QED) is 0.777. The fourth-order valence-corrected chi connectivity index (χ4v) is 1.99. The minimum Gasteiger partial charge on any atom is -0.464 e. The molecule has 6 nitrogen and oxygen atoms in total. The van der Waals surface area contributed by atoms with Crippen molar-refractivity contribution in [2.24, 2.45) is 5.10 Å². The summed E-state index contributed by atoms with van der Waals surface area (Å²) in [6, 6.07) is 8.54. The first-order valence-corrected chi connectivity index (χ1v) is 6.34. The molecule has 0 saturated carbocycles. The van der Waals surface area contributed by atoms with Crippen molar-refractivity contribution < 1.29 is 19.1 Å². The number of rotatable bonds is 4. The van der Waals surface area contributed by atoms with Crippen molar-refractivity contribution in [1.82, 2.24) is 0 Å². The van der Waals surface area contributed by atoms with E-state index in [1.807, 2.05) is 30.3 Å². The predicted molar refractivity (Wildman–Crippen MR) is 73.4 cm³/mol. The van der Waals surface area contributed by atoms with Gasteiger partial charge in [-0.2, -0.15) is 5.10 Å². The van der Waals surface area contributed by atoms with E-state index in [-0.39, 0.29) is 18.7 Å². The fourth-order valence-electron chi connectivity index (χ4n) is 1.99. The van der Waals surface area contributed by atoms with Crippen LogP contribution < -0.4 is 5.01 Å². The second kappa shape index (κ2) is 6.18. The highest BCUT2D eigenvalue weighted by molar-refractivity contribution is 6.38. The van der Waals surface area contributed by atoms with Gasteiger partial charge in [0.25, 0.3) is 0 Å². The smallest absolute Gasteiger partial charge is 0.354 e. The number of ether oxygens (including phenoxy) is 2. The topological polar surface area (TPSA) is 68.2 Å². The van der Waals surface area contributed by atoms with Crippen molar-refractivity contribution in [3.63, 3.8) is 0 Å². The second-order valence-corrected chi connectivity index (χ2v) is 4.19. The summed E-state index contributed by atoms with van der Waals surface area (Å²) >= 11 is 0. The Morgan fingerprint density at radius 2 is 2.05 bits per heavy atom. The maximum absolute atomic E-state index is 12.0. The Morgan fingerprint density at radius 3 is 2.65 bits per heavy atom. The van der Waals surface area contributed by atoms with E-state index < -0.39 is 18.0 Å². The Balaban J connectivity index is 2.29. The van der Waals surface area contributed by atoms with Crippen LogP contribution in [0.5, 0.6) is 0 Å². The zero-order chi connectivity index (χ0) is 14.5. The Hall–Kier alpha value is -2.37. The molecule has 6 heteroatoms. The van der Waals surface area contributed by atoms with Crippen molar-refractivity contribution in [2.45, 2.75) is 19.4 Å². The van der Waals surface area contributed by atoms with Crippen LogP contribution in [0.4, 0.5) is 5.69 Å². The van der Waals surface area contributed by atoms with Crippen LogP contribution in [0.1, 0.15) is 13.3 Å². The molecular formula is C14H16N2O4. The van der Waals surface area contributed by atoms with Crippen molar-refractivity contribution in [3.05, 3.63) is 30.3 Å². The SMILES string of the molecule is CCOC(=O)C1CC(C(=O)OC)=NN1c1ccccc1. The maximum Gasteiger partial charge on any atom is 0.354 e. The summed E-state index contributed by atoms with van der Waals surface area (Å²) in [6.07, 6.45) is 0.181. The lowest BCUT2D eigenvalue weighted by molar-refractivity contribution is -0.144. The van der Waals surface area contributed by atoms with E-state index in [4.69, 9.17) is 4.74 Å². The van der Waals surface area contributed by atoms with Gasteiger partial charge in [-0.1, -0.05) is 18.2 Å². The molecule has 1 aliphatic rings. The average molecular weight is 276 g/mol. The first-order chi connectivity index (χ1) is 9.67. The van der Waals surface area contributed by atoms with Crippen LogP contribution in [0.25, 0.3) is 0 Å². The summed E-state index contributed by atoms with van der Waals surface area (Å²) < 4.78 is 9.69. The van der Waals surface area contributed by atoms with Gasteiger partial charge in [0.15, 0.2) is 6.04 Å². The van der Waals surface area contributed by atoms with Crippen molar-refractivity contribution in [3.8, 4) is 0 Å². The molecule has 106 valence electrons. The summed E-state index contributed by atoms with van der Waals surface area (Å²) in [5, 5.41) is 5.69. The highest BCUT2D eigenvalue weighted by Crippen LogP contribution is 2.25. The minimum atomic E-state index is -0.633. The molecule has 0 spiro atoms. The second-order valence-electron chi connectivity index (χ2n) is 4.19. The molecule has 0 saturated heterocycles. The molecule has 2 rings (SSSR count). The number of hydrazone groups is 1. The third-order valence-electron chi connectivity index (χ3n) is 2.91. The van der Waals surface area contributed by atoms with Crippen LogP contribution in [0.15, 0.2) is 35.4 Å². The molecule has 20 heavy (non-hydrogen) atoms. The number of hydrogen-bond donors (Lipinski definition) is 0. The summed E-state index contributed by atoms with van der Waals surface area (Å²) in [4.78, 5) is 23.6. The Morgan fingerprint density at radius 1 is 1.35 bits per heavy atom. The molecule has 0 N–H and O–H groups in total. The van der Waals surface area contributed by atoms with Gasteiger partial charge in [-0.25, -0.2) is 9.59 Å². The number of anilines is 1. The average Bonchev–Trinajstić information content (AvgIpc) is 2.93. The Kier molecular flexibility index (Phi) is 4.34. The molecule has 1 aliphatic heterocycles. The number of methoxy groups -OCH3 is 1. The highest BCUT2D eigenvalue weighted by atomic mass is 16.5. The third kappa shape index (κ3) is 2.79. The zero-order valence-corrected chi connectivity index (χ0v) is 11.4. The summed E-state index contributed by atoms with van der Waals surface area (Å²) in [7, 11) is 1.29. The summed E-state index contributed by atoms with van der Waals surface area (Å²) in [6.45, 7) is 2.02. The normalized spacial score (nSPS) is 17.6. The molecule has 1 atom stereocenters. The number of benzene rings is 1. The molecule has 1 aromatic carbocycles. The molecule has 0 aliphatic carbocycles. The lowest BCUT2D eigenvalue weighted by Crippen LogP contribution is -2.36. The van der Waals surface area contributed by atoms with E-state index in [0.29, 0.717) is 0 Å². The number of para-hydroxylation sites is 1. The van der Waals surface area contributed by atoms with E-state index in [1.165, 1.54) is 12.1 Å². The largest absolute Gasteiger partial charge is 0.464 e. The monoisotopic (exact) mass is 276 g/mol. The van der Waals surface area contributed by atoms with Gasteiger partial charge >= 0.3 is 11.9 Å². The molecule has 0 amide bonds. The van der Waals surface area contributed by atoms with Gasteiger partial charge < -0.3 is 9.47 Å². The van der Waals surface area contributed by atoms with Gasteiger partial charge in [0.2, 0.25) is 0 Å². The molecule has 1 unspecified atom stereocenters. The van der Waals surface area contributed by atoms with E-state index in [9.17, 15) is 9.59 Å². The molecule has 0 bridgehead atoms. The van der Waals surface area contributed by atoms with Gasteiger partial charge in [0, 0.05) is 6.42 Å². The van der Waals surface area contributed by atoms with Crippen LogP contribution in [-0.2, 0) is 19.1 Å². The molecular weight excluding hydrogens is 260 g/mol. The van der Waals surface area contributed by atoms with Crippen molar-refractivity contribution >= 4 is 23.3 Å². The minimum absolute atomic E-state index is 0.181. The first kappa shape index (κ1) is 14.0. The summed E-state index contributed by atoms with van der Waals surface area (Å²) in [5.41, 5.74) is 0.943. The van der Waals surface area contributed by atoms with Gasteiger partial charge in [-0.05, 0) is 19.1 Å². The van der Waals surface area contributed by atoms with E-state index in [0.717, 1.165) is 5.69 Å². The van der Waals surface area contributed by atoms with Crippen molar-refractivity contribution in [2.75, 3.05) is 18.7 Å². The number of esters is 2. The lowest BCUT2D eigenvalue weighted by atomic mass is 10.1. The zero-order valence-electron chi connectivity index (χ0n) is 11.4. The van der Waals surface area contributed by atoms with Gasteiger partial charge in [-0.3, -0.25) is 5.01 Å². The van der Waals surface area contributed by atoms with Crippen LogP contribution in [0.2, 0.25) is 0 Å². The molecule has 0 fully saturated rings. The Bertz CT molecular complexity index is 527. The number of carbonyl (C=O) groups excluding carboxylic acids is 2. The van der Waals surface area contributed by atoms with Crippen molar-refractivity contribution in [1.29, 1.82) is 0 Å². The molecule has 1 heterocycles. The van der Waals surface area contributed by atoms with Crippen LogP contribution >= 0.6 is 0 Å². The van der Waals surface area contributed by atoms with Crippen LogP contribution in [-0.4, -0.2) is 37.4 Å². The van der Waals surface area contributed by atoms with Gasteiger partial charge in [0.1, 0.15) is 5.71 Å². The fraction of sp³-hybridized carbons (Fsp3) is 0.357. The van der Waals surface area contributed by atoms with E-state index in [1.54, 1.807) is 6.92 Å². The van der Waals surface area contributed by atoms with E-state index in [2.05, 4.69) is 9.84 Å². The Labute approximate surface area is 117 Å². The van der Waals surface area contributed by atoms with Crippen LogP contribution in [0, 0.1) is 0 Å². The van der Waals surface area contributed by atoms with Gasteiger partial charge in [-0.15, -0.1) is 0 Å². The maximum atomic E-state index is 12.0. The number of carbonyl (C=O) groups is 2. The first-order valence-electron chi connectivity index (χ1n) is 6.34. The molecule has 0 radical (unpaired) electrons. The standard InChI is InChI=1S/C14H16N2O4/c1-3-20-14(18)12-9-11(13(17)19-2)15-16(12)10-7-5-4-6-8-10/h4-8,12H,3,9H2,1-2H3. The third-order valence-corrected chi connectivity index (χ3v) is 2.91. The molecule has 0 aromatic heterocycles. The number of nitrogens with zero attached hydrogens (tertiary/aromatic N) is 2.